The fraction of sp³-hybridized carbons (Fsp3) is 0.176. The van der Waals surface area contributed by atoms with Crippen molar-refractivity contribution in [3.05, 3.63) is 51.2 Å². The van der Waals surface area contributed by atoms with Gasteiger partial charge in [-0.2, -0.15) is 5.10 Å². The maximum Gasteiger partial charge on any atom is 0.341 e. The standard InChI is InChI=1S/C17H15BrClN3O5/c1-2-26-13-6-10(12(18)7-14(13)27-9-15(23)24)8-21-22-17(25)11-4-3-5-20-16(11)19/h3-8H,2,9H2,1H3,(H,22,25)(H,23,24). The van der Waals surface area contributed by atoms with E-state index in [-0.39, 0.29) is 16.5 Å². The number of hydrogen-bond donors (Lipinski definition) is 2. The van der Waals surface area contributed by atoms with Crippen LogP contribution in [0.2, 0.25) is 5.15 Å². The summed E-state index contributed by atoms with van der Waals surface area (Å²) in [5, 5.41) is 12.7. The van der Waals surface area contributed by atoms with Gasteiger partial charge in [-0.05, 0) is 47.1 Å². The van der Waals surface area contributed by atoms with Crippen LogP contribution in [0.4, 0.5) is 0 Å². The molecule has 2 aromatic rings. The van der Waals surface area contributed by atoms with Crippen molar-refractivity contribution in [2.75, 3.05) is 13.2 Å². The number of halogens is 2. The van der Waals surface area contributed by atoms with Gasteiger partial charge in [0.2, 0.25) is 0 Å². The number of ether oxygens (including phenoxy) is 2. The van der Waals surface area contributed by atoms with E-state index in [0.29, 0.717) is 22.4 Å². The Hall–Kier alpha value is -2.65. The number of carbonyl (C=O) groups excluding carboxylic acids is 1. The molecule has 0 aliphatic carbocycles. The molecule has 2 N–H and O–H groups in total. The monoisotopic (exact) mass is 455 g/mol. The first-order valence-corrected chi connectivity index (χ1v) is 8.84. The summed E-state index contributed by atoms with van der Waals surface area (Å²) in [5.41, 5.74) is 3.14. The summed E-state index contributed by atoms with van der Waals surface area (Å²) in [5.74, 6) is -0.984. The van der Waals surface area contributed by atoms with Crippen molar-refractivity contribution >= 4 is 45.6 Å². The molecule has 142 valence electrons. The van der Waals surface area contributed by atoms with Gasteiger partial charge in [0.05, 0.1) is 18.4 Å². The predicted molar refractivity (Wildman–Crippen MR) is 103 cm³/mol. The van der Waals surface area contributed by atoms with E-state index in [1.54, 1.807) is 25.1 Å². The average Bonchev–Trinajstić information content (AvgIpc) is 2.63. The van der Waals surface area contributed by atoms with Crippen molar-refractivity contribution in [1.82, 2.24) is 10.4 Å². The van der Waals surface area contributed by atoms with E-state index in [9.17, 15) is 9.59 Å². The lowest BCUT2D eigenvalue weighted by atomic mass is 10.2. The Labute approximate surface area is 168 Å². The van der Waals surface area contributed by atoms with Gasteiger partial charge >= 0.3 is 5.97 Å². The van der Waals surface area contributed by atoms with Crippen LogP contribution in [-0.2, 0) is 4.79 Å². The number of amides is 1. The number of rotatable bonds is 8. The van der Waals surface area contributed by atoms with Crippen LogP contribution in [0, 0.1) is 0 Å². The third-order valence-corrected chi connectivity index (χ3v) is 4.08. The minimum atomic E-state index is -1.10. The number of carboxylic acids is 1. The van der Waals surface area contributed by atoms with Gasteiger partial charge in [-0.1, -0.05) is 11.6 Å². The first kappa shape index (κ1) is 20.7. The minimum absolute atomic E-state index is 0.0740. The normalized spacial score (nSPS) is 10.6. The number of aliphatic carboxylic acids is 1. The van der Waals surface area contributed by atoms with Crippen LogP contribution in [-0.4, -0.2) is 41.4 Å². The number of benzene rings is 1. The largest absolute Gasteiger partial charge is 0.490 e. The summed E-state index contributed by atoms with van der Waals surface area (Å²) >= 11 is 9.21. The molecule has 0 unspecified atom stereocenters. The Bertz CT molecular complexity index is 876. The van der Waals surface area contributed by atoms with E-state index >= 15 is 0 Å². The molecule has 0 aliphatic heterocycles. The summed E-state index contributed by atoms with van der Waals surface area (Å²) in [7, 11) is 0. The third-order valence-electron chi connectivity index (χ3n) is 3.09. The molecule has 0 spiro atoms. The molecule has 0 bridgehead atoms. The number of pyridine rings is 1. The summed E-state index contributed by atoms with van der Waals surface area (Å²) in [6.45, 7) is 1.65. The zero-order valence-electron chi connectivity index (χ0n) is 14.1. The number of carboxylic acid groups (broad SMARTS) is 1. The van der Waals surface area contributed by atoms with Crippen molar-refractivity contribution in [3.63, 3.8) is 0 Å². The lowest BCUT2D eigenvalue weighted by Crippen LogP contribution is -2.18. The number of hydrogen-bond acceptors (Lipinski definition) is 6. The second-order valence-corrected chi connectivity index (χ2v) is 6.19. The van der Waals surface area contributed by atoms with Gasteiger partial charge in [-0.3, -0.25) is 4.79 Å². The molecule has 0 radical (unpaired) electrons. The van der Waals surface area contributed by atoms with Gasteiger partial charge in [0.1, 0.15) is 5.15 Å². The molecule has 0 fully saturated rings. The fourth-order valence-corrected chi connectivity index (χ4v) is 2.58. The molecule has 0 saturated carbocycles. The van der Waals surface area contributed by atoms with E-state index in [0.717, 1.165) is 0 Å². The zero-order chi connectivity index (χ0) is 19.8. The van der Waals surface area contributed by atoms with Crippen molar-refractivity contribution in [3.8, 4) is 11.5 Å². The van der Waals surface area contributed by atoms with Crippen LogP contribution in [0.15, 0.2) is 40.0 Å². The van der Waals surface area contributed by atoms with Gasteiger partial charge in [0.25, 0.3) is 5.91 Å². The van der Waals surface area contributed by atoms with Gasteiger partial charge < -0.3 is 14.6 Å². The molecule has 0 saturated heterocycles. The number of nitrogens with one attached hydrogen (secondary N) is 1. The van der Waals surface area contributed by atoms with E-state index < -0.39 is 18.5 Å². The molecule has 2 rings (SSSR count). The SMILES string of the molecule is CCOc1cc(C=NNC(=O)c2cccnc2Cl)c(Br)cc1OCC(=O)O. The maximum absolute atomic E-state index is 12.1. The molecular weight excluding hydrogens is 442 g/mol. The van der Waals surface area contributed by atoms with Crippen LogP contribution >= 0.6 is 27.5 Å². The number of aromatic nitrogens is 1. The van der Waals surface area contributed by atoms with Crippen molar-refractivity contribution in [2.24, 2.45) is 5.10 Å². The molecule has 10 heteroatoms. The van der Waals surface area contributed by atoms with E-state index in [4.69, 9.17) is 26.2 Å². The highest BCUT2D eigenvalue weighted by Gasteiger charge is 2.12. The molecule has 1 aromatic heterocycles. The Morgan fingerprint density at radius 2 is 2.11 bits per heavy atom. The average molecular weight is 457 g/mol. The fourth-order valence-electron chi connectivity index (χ4n) is 1.95. The quantitative estimate of drug-likeness (QED) is 0.359. The predicted octanol–water partition coefficient (Wildman–Crippen LogP) is 3.12. The summed E-state index contributed by atoms with van der Waals surface area (Å²) in [6.07, 6.45) is 2.87. The molecule has 27 heavy (non-hydrogen) atoms. The lowest BCUT2D eigenvalue weighted by molar-refractivity contribution is -0.139. The molecule has 1 heterocycles. The lowest BCUT2D eigenvalue weighted by Gasteiger charge is -2.12. The van der Waals surface area contributed by atoms with E-state index in [2.05, 4.69) is 31.4 Å². The number of hydrazone groups is 1. The van der Waals surface area contributed by atoms with Crippen LogP contribution in [0.1, 0.15) is 22.8 Å². The first-order chi connectivity index (χ1) is 12.9. The summed E-state index contributed by atoms with van der Waals surface area (Å²) in [6, 6.07) is 6.29. The van der Waals surface area contributed by atoms with Crippen molar-refractivity contribution in [1.29, 1.82) is 0 Å². The number of carbonyl (C=O) groups is 2. The molecule has 0 atom stereocenters. The van der Waals surface area contributed by atoms with Gasteiger partial charge in [-0.15, -0.1) is 0 Å². The third kappa shape index (κ3) is 5.93. The van der Waals surface area contributed by atoms with E-state index in [1.807, 2.05) is 0 Å². The van der Waals surface area contributed by atoms with E-state index in [1.165, 1.54) is 18.5 Å². The van der Waals surface area contributed by atoms with Crippen molar-refractivity contribution < 1.29 is 24.2 Å². The molecule has 1 aromatic carbocycles. The van der Waals surface area contributed by atoms with Crippen LogP contribution in [0.3, 0.4) is 0 Å². The van der Waals surface area contributed by atoms with Gasteiger partial charge in [0.15, 0.2) is 18.1 Å². The minimum Gasteiger partial charge on any atom is -0.490 e. The van der Waals surface area contributed by atoms with Crippen LogP contribution < -0.4 is 14.9 Å². The van der Waals surface area contributed by atoms with Gasteiger partial charge in [-0.25, -0.2) is 15.2 Å². The smallest absolute Gasteiger partial charge is 0.341 e. The molecule has 0 aliphatic rings. The zero-order valence-corrected chi connectivity index (χ0v) is 16.5. The molecule has 8 nitrogen and oxygen atoms in total. The molecular formula is C17H15BrClN3O5. The van der Waals surface area contributed by atoms with Crippen LogP contribution in [0.25, 0.3) is 0 Å². The maximum atomic E-state index is 12.1. The highest BCUT2D eigenvalue weighted by atomic mass is 79.9. The Morgan fingerprint density at radius 3 is 2.78 bits per heavy atom. The Morgan fingerprint density at radius 1 is 1.37 bits per heavy atom. The Kier molecular flexibility index (Phi) is 7.56. The van der Waals surface area contributed by atoms with Gasteiger partial charge in [0, 0.05) is 16.2 Å². The van der Waals surface area contributed by atoms with Crippen LogP contribution in [0.5, 0.6) is 11.5 Å². The summed E-state index contributed by atoms with van der Waals surface area (Å²) < 4.78 is 11.2. The first-order valence-electron chi connectivity index (χ1n) is 7.67. The highest BCUT2D eigenvalue weighted by Crippen LogP contribution is 2.33. The molecule has 1 amide bonds. The number of nitrogens with zero attached hydrogens (tertiary/aromatic N) is 2. The Balaban J connectivity index is 2.16. The van der Waals surface area contributed by atoms with Crippen molar-refractivity contribution in [2.45, 2.75) is 6.92 Å². The second kappa shape index (κ2) is 9.89. The summed E-state index contributed by atoms with van der Waals surface area (Å²) in [4.78, 5) is 26.6. The highest BCUT2D eigenvalue weighted by molar-refractivity contribution is 9.10. The topological polar surface area (TPSA) is 110 Å². The second-order valence-electron chi connectivity index (χ2n) is 4.98.